The van der Waals surface area contributed by atoms with Gasteiger partial charge in [-0.15, -0.1) is 0 Å². The minimum absolute atomic E-state index is 0.280. The summed E-state index contributed by atoms with van der Waals surface area (Å²) >= 11 is 1.75. The van der Waals surface area contributed by atoms with Crippen LogP contribution in [0.3, 0.4) is 0 Å². The fraction of sp³-hybridized carbons (Fsp3) is 0.176. The van der Waals surface area contributed by atoms with Crippen molar-refractivity contribution >= 4 is 22.1 Å². The van der Waals surface area contributed by atoms with Crippen molar-refractivity contribution in [3.63, 3.8) is 0 Å². The van der Waals surface area contributed by atoms with Crippen molar-refractivity contribution in [3.05, 3.63) is 70.4 Å². The Labute approximate surface area is 117 Å². The van der Waals surface area contributed by atoms with E-state index in [0.717, 1.165) is 6.54 Å². The highest BCUT2D eigenvalue weighted by atomic mass is 32.1. The van der Waals surface area contributed by atoms with Crippen LogP contribution in [0, 0.1) is 0 Å². The largest absolute Gasteiger partial charge is 0.306 e. The third kappa shape index (κ3) is 2.42. The molecule has 2 heteroatoms. The second kappa shape index (κ2) is 5.55. The molecule has 0 spiro atoms. The van der Waals surface area contributed by atoms with E-state index in [1.54, 1.807) is 11.3 Å². The molecule has 0 aliphatic heterocycles. The molecule has 2 aromatic carbocycles. The maximum Gasteiger partial charge on any atom is 0.0590 e. The summed E-state index contributed by atoms with van der Waals surface area (Å²) in [7, 11) is 0. The predicted molar refractivity (Wildman–Crippen MR) is 83.8 cm³/mol. The average Bonchev–Trinajstić information content (AvgIpc) is 2.98. The van der Waals surface area contributed by atoms with Crippen LogP contribution in [0.1, 0.15) is 24.1 Å². The number of thiophene rings is 1. The SMILES string of the molecule is CCNC(c1ccsc1)c1cccc2ccccc12. The summed E-state index contributed by atoms with van der Waals surface area (Å²) in [4.78, 5) is 0. The molecule has 1 aromatic heterocycles. The molecule has 0 saturated carbocycles. The van der Waals surface area contributed by atoms with E-state index in [1.165, 1.54) is 21.9 Å². The number of nitrogens with one attached hydrogen (secondary N) is 1. The highest BCUT2D eigenvalue weighted by Gasteiger charge is 2.15. The number of hydrogen-bond donors (Lipinski definition) is 1. The van der Waals surface area contributed by atoms with Crippen LogP contribution in [0.4, 0.5) is 0 Å². The minimum atomic E-state index is 0.280. The molecule has 1 atom stereocenters. The molecule has 0 fully saturated rings. The van der Waals surface area contributed by atoms with Crippen molar-refractivity contribution in [2.45, 2.75) is 13.0 Å². The fourth-order valence-corrected chi connectivity index (χ4v) is 3.24. The Balaban J connectivity index is 2.15. The monoisotopic (exact) mass is 267 g/mol. The molecule has 0 bridgehead atoms. The molecule has 3 rings (SSSR count). The molecular weight excluding hydrogens is 250 g/mol. The molecule has 0 amide bonds. The van der Waals surface area contributed by atoms with Crippen LogP contribution in [0.25, 0.3) is 10.8 Å². The van der Waals surface area contributed by atoms with Crippen LogP contribution in [-0.2, 0) is 0 Å². The first kappa shape index (κ1) is 12.4. The lowest BCUT2D eigenvalue weighted by atomic mass is 9.95. The lowest BCUT2D eigenvalue weighted by molar-refractivity contribution is 0.636. The third-order valence-electron chi connectivity index (χ3n) is 3.42. The molecule has 1 unspecified atom stereocenters. The zero-order valence-corrected chi connectivity index (χ0v) is 11.8. The lowest BCUT2D eigenvalue weighted by Crippen LogP contribution is -2.21. The Morgan fingerprint density at radius 3 is 2.68 bits per heavy atom. The standard InChI is InChI=1S/C17H17NS/c1-2-18-17(14-10-11-19-12-14)16-9-5-7-13-6-3-4-8-15(13)16/h3-12,17-18H,2H2,1H3. The lowest BCUT2D eigenvalue weighted by Gasteiger charge is -2.19. The topological polar surface area (TPSA) is 12.0 Å². The first-order valence-electron chi connectivity index (χ1n) is 6.63. The quantitative estimate of drug-likeness (QED) is 0.728. The van der Waals surface area contributed by atoms with E-state index in [2.05, 4.69) is 71.5 Å². The maximum atomic E-state index is 3.60. The highest BCUT2D eigenvalue weighted by molar-refractivity contribution is 7.08. The van der Waals surface area contributed by atoms with Gasteiger partial charge in [-0.2, -0.15) is 11.3 Å². The van der Waals surface area contributed by atoms with Crippen LogP contribution in [-0.4, -0.2) is 6.54 Å². The van der Waals surface area contributed by atoms with Crippen molar-refractivity contribution in [1.82, 2.24) is 5.32 Å². The van der Waals surface area contributed by atoms with Gasteiger partial charge < -0.3 is 5.32 Å². The summed E-state index contributed by atoms with van der Waals surface area (Å²) in [6.07, 6.45) is 0. The van der Waals surface area contributed by atoms with Gasteiger partial charge in [0.2, 0.25) is 0 Å². The highest BCUT2D eigenvalue weighted by Crippen LogP contribution is 2.29. The summed E-state index contributed by atoms with van der Waals surface area (Å²) in [5, 5.41) is 10.6. The normalized spacial score (nSPS) is 12.7. The molecular formula is C17H17NS. The Morgan fingerprint density at radius 1 is 1.05 bits per heavy atom. The molecule has 0 aliphatic rings. The minimum Gasteiger partial charge on any atom is -0.306 e. The third-order valence-corrected chi connectivity index (χ3v) is 4.12. The van der Waals surface area contributed by atoms with Gasteiger partial charge in [0.25, 0.3) is 0 Å². The average molecular weight is 267 g/mol. The molecule has 0 radical (unpaired) electrons. The zero-order valence-electron chi connectivity index (χ0n) is 11.0. The Bertz CT molecular complexity index is 653. The van der Waals surface area contributed by atoms with Gasteiger partial charge in [-0.1, -0.05) is 49.4 Å². The molecule has 19 heavy (non-hydrogen) atoms. The summed E-state index contributed by atoms with van der Waals surface area (Å²) in [6.45, 7) is 3.12. The fourth-order valence-electron chi connectivity index (χ4n) is 2.55. The van der Waals surface area contributed by atoms with Gasteiger partial charge >= 0.3 is 0 Å². The van der Waals surface area contributed by atoms with Gasteiger partial charge in [0.1, 0.15) is 0 Å². The van der Waals surface area contributed by atoms with Gasteiger partial charge in [0.15, 0.2) is 0 Å². The van der Waals surface area contributed by atoms with Crippen molar-refractivity contribution in [2.75, 3.05) is 6.54 Å². The predicted octanol–water partition coefficient (Wildman–Crippen LogP) is 4.60. The summed E-state index contributed by atoms with van der Waals surface area (Å²) in [5.74, 6) is 0. The van der Waals surface area contributed by atoms with E-state index in [0.29, 0.717) is 0 Å². The van der Waals surface area contributed by atoms with Crippen LogP contribution < -0.4 is 5.32 Å². The van der Waals surface area contributed by atoms with Crippen molar-refractivity contribution in [2.24, 2.45) is 0 Å². The number of benzene rings is 2. The summed E-state index contributed by atoms with van der Waals surface area (Å²) in [6, 6.07) is 17.6. The van der Waals surface area contributed by atoms with Gasteiger partial charge in [-0.3, -0.25) is 0 Å². The van der Waals surface area contributed by atoms with Crippen LogP contribution >= 0.6 is 11.3 Å². The molecule has 0 saturated heterocycles. The van der Waals surface area contributed by atoms with Crippen molar-refractivity contribution in [3.8, 4) is 0 Å². The Kier molecular flexibility index (Phi) is 3.62. The molecule has 1 heterocycles. The molecule has 1 nitrogen and oxygen atoms in total. The van der Waals surface area contributed by atoms with Crippen molar-refractivity contribution in [1.29, 1.82) is 0 Å². The second-order valence-electron chi connectivity index (χ2n) is 4.62. The number of fused-ring (bicyclic) bond motifs is 1. The summed E-state index contributed by atoms with van der Waals surface area (Å²) < 4.78 is 0. The smallest absolute Gasteiger partial charge is 0.0590 e. The van der Waals surface area contributed by atoms with Gasteiger partial charge in [0, 0.05) is 0 Å². The van der Waals surface area contributed by atoms with E-state index < -0.39 is 0 Å². The molecule has 96 valence electrons. The van der Waals surface area contributed by atoms with Crippen LogP contribution in [0.2, 0.25) is 0 Å². The molecule has 3 aromatic rings. The summed E-state index contributed by atoms with van der Waals surface area (Å²) in [5.41, 5.74) is 2.71. The number of hydrogen-bond acceptors (Lipinski definition) is 2. The van der Waals surface area contributed by atoms with Gasteiger partial charge in [0.05, 0.1) is 6.04 Å². The maximum absolute atomic E-state index is 3.60. The van der Waals surface area contributed by atoms with E-state index in [9.17, 15) is 0 Å². The Morgan fingerprint density at radius 2 is 1.89 bits per heavy atom. The first-order chi connectivity index (χ1) is 9.40. The molecule has 0 aliphatic carbocycles. The van der Waals surface area contributed by atoms with Gasteiger partial charge in [-0.25, -0.2) is 0 Å². The van der Waals surface area contributed by atoms with Crippen LogP contribution in [0.5, 0.6) is 0 Å². The van der Waals surface area contributed by atoms with Gasteiger partial charge in [-0.05, 0) is 45.3 Å². The van der Waals surface area contributed by atoms with Crippen LogP contribution in [0.15, 0.2) is 59.3 Å². The van der Waals surface area contributed by atoms with E-state index in [-0.39, 0.29) is 6.04 Å². The van der Waals surface area contributed by atoms with Crippen molar-refractivity contribution < 1.29 is 0 Å². The number of rotatable bonds is 4. The van der Waals surface area contributed by atoms with E-state index in [4.69, 9.17) is 0 Å². The first-order valence-corrected chi connectivity index (χ1v) is 7.57. The molecule has 1 N–H and O–H groups in total. The van der Waals surface area contributed by atoms with E-state index in [1.807, 2.05) is 0 Å². The second-order valence-corrected chi connectivity index (χ2v) is 5.40. The van der Waals surface area contributed by atoms with E-state index >= 15 is 0 Å². The zero-order chi connectivity index (χ0) is 13.1. The Hall–Kier alpha value is -1.64.